The number of aliphatic hydroxyl groups is 1. The first-order chi connectivity index (χ1) is 8.24. The van der Waals surface area contributed by atoms with Crippen LogP contribution in [-0.2, 0) is 20.0 Å². The number of nitrogens with two attached hydrogens (primary N) is 1. The summed E-state index contributed by atoms with van der Waals surface area (Å²) in [5, 5.41) is 8.66. The molecular weight excluding hydrogens is 284 g/mol. The van der Waals surface area contributed by atoms with E-state index in [1.54, 1.807) is 0 Å². The third-order valence-electron chi connectivity index (χ3n) is 2.11. The van der Waals surface area contributed by atoms with Crippen LogP contribution in [0.1, 0.15) is 0 Å². The summed E-state index contributed by atoms with van der Waals surface area (Å²) in [7, 11) is -8.52. The Bertz CT molecular complexity index is 638. The minimum atomic E-state index is -4.61. The minimum absolute atomic E-state index is 0.408. The van der Waals surface area contributed by atoms with Crippen LogP contribution in [0.5, 0.6) is 0 Å². The van der Waals surface area contributed by atoms with Crippen LogP contribution in [0.15, 0.2) is 28.0 Å². The maximum absolute atomic E-state index is 11.8. The van der Waals surface area contributed by atoms with Crippen molar-refractivity contribution in [2.45, 2.75) is 9.79 Å². The smallest absolute Gasteiger partial charge is 0.296 e. The molecule has 1 aromatic carbocycles. The number of aliphatic hydroxyl groups excluding tert-OH is 1. The summed E-state index contributed by atoms with van der Waals surface area (Å²) in [6.45, 7) is -0.623. The Morgan fingerprint density at radius 1 is 1.17 bits per heavy atom. The predicted molar refractivity (Wildman–Crippen MR) is 63.2 cm³/mol. The van der Waals surface area contributed by atoms with Gasteiger partial charge < -0.3 is 10.5 Å². The van der Waals surface area contributed by atoms with Crippen LogP contribution in [0, 0.1) is 0 Å². The molecule has 102 valence electrons. The Hall–Kier alpha value is -1.20. The normalized spacial score (nSPS) is 12.4. The van der Waals surface area contributed by atoms with Crippen molar-refractivity contribution < 1.29 is 26.5 Å². The fourth-order valence-corrected chi connectivity index (χ4v) is 3.33. The van der Waals surface area contributed by atoms with Crippen molar-refractivity contribution in [3.05, 3.63) is 18.2 Å². The minimum Gasteiger partial charge on any atom is -0.395 e. The molecule has 0 unspecified atom stereocenters. The summed E-state index contributed by atoms with van der Waals surface area (Å²) in [6, 6.07) is 3.27. The van der Waals surface area contributed by atoms with Gasteiger partial charge in [-0.25, -0.2) is 8.42 Å². The Morgan fingerprint density at radius 3 is 2.17 bits per heavy atom. The van der Waals surface area contributed by atoms with Crippen molar-refractivity contribution in [3.8, 4) is 0 Å². The third-order valence-corrected chi connectivity index (χ3v) is 4.73. The van der Waals surface area contributed by atoms with Crippen molar-refractivity contribution in [2.24, 2.45) is 5.84 Å². The number of benzene rings is 1. The zero-order valence-corrected chi connectivity index (χ0v) is 10.7. The first-order valence-corrected chi connectivity index (χ1v) is 7.74. The Morgan fingerprint density at radius 2 is 1.72 bits per heavy atom. The average Bonchev–Trinajstić information content (AvgIpc) is 2.26. The largest absolute Gasteiger partial charge is 0.395 e. The van der Waals surface area contributed by atoms with Gasteiger partial charge in [0.15, 0.2) is 9.84 Å². The van der Waals surface area contributed by atoms with Gasteiger partial charge in [-0.15, -0.1) is 0 Å². The van der Waals surface area contributed by atoms with Crippen molar-refractivity contribution in [1.82, 2.24) is 0 Å². The van der Waals surface area contributed by atoms with Crippen molar-refractivity contribution in [1.29, 1.82) is 0 Å². The molecule has 0 aliphatic rings. The van der Waals surface area contributed by atoms with Crippen molar-refractivity contribution in [2.75, 3.05) is 17.8 Å². The lowest BCUT2D eigenvalue weighted by molar-refractivity contribution is 0.319. The highest BCUT2D eigenvalue weighted by Crippen LogP contribution is 2.28. The number of nitrogens with one attached hydrogen (secondary N) is 1. The predicted octanol–water partition coefficient (Wildman–Crippen LogP) is -1.02. The number of anilines is 1. The quantitative estimate of drug-likeness (QED) is 0.307. The molecule has 1 aromatic rings. The van der Waals surface area contributed by atoms with Crippen LogP contribution in [0.25, 0.3) is 0 Å². The number of sulfone groups is 1. The molecule has 0 bridgehead atoms. The molecule has 0 heterocycles. The number of hydrogen-bond donors (Lipinski definition) is 4. The van der Waals surface area contributed by atoms with Gasteiger partial charge in [-0.3, -0.25) is 10.4 Å². The Labute approximate surface area is 104 Å². The van der Waals surface area contributed by atoms with E-state index in [-0.39, 0.29) is 0 Å². The van der Waals surface area contributed by atoms with E-state index < -0.39 is 47.8 Å². The summed E-state index contributed by atoms with van der Waals surface area (Å²) >= 11 is 0. The zero-order chi connectivity index (χ0) is 14.0. The highest BCUT2D eigenvalue weighted by Gasteiger charge is 2.24. The van der Waals surface area contributed by atoms with Crippen LogP contribution in [0.3, 0.4) is 0 Å². The molecule has 0 aliphatic carbocycles. The third kappa shape index (κ3) is 2.97. The maximum Gasteiger partial charge on any atom is 0.296 e. The van der Waals surface area contributed by atoms with Gasteiger partial charge in [0.1, 0.15) is 4.90 Å². The first kappa shape index (κ1) is 14.9. The molecule has 0 amide bonds. The van der Waals surface area contributed by atoms with E-state index in [1.165, 1.54) is 0 Å². The molecule has 0 saturated carbocycles. The van der Waals surface area contributed by atoms with Crippen LogP contribution < -0.4 is 11.3 Å². The van der Waals surface area contributed by atoms with E-state index in [2.05, 4.69) is 0 Å². The number of nitrogen functional groups attached to an aromatic ring is 1. The zero-order valence-electron chi connectivity index (χ0n) is 9.07. The molecule has 0 fully saturated rings. The van der Waals surface area contributed by atoms with Crippen LogP contribution >= 0.6 is 0 Å². The van der Waals surface area contributed by atoms with E-state index in [1.807, 2.05) is 5.43 Å². The molecule has 18 heavy (non-hydrogen) atoms. The molecule has 0 saturated heterocycles. The molecule has 0 aliphatic heterocycles. The van der Waals surface area contributed by atoms with Crippen molar-refractivity contribution in [3.63, 3.8) is 0 Å². The molecule has 8 nitrogen and oxygen atoms in total. The molecule has 0 atom stereocenters. The second-order valence-electron chi connectivity index (χ2n) is 3.29. The van der Waals surface area contributed by atoms with E-state index in [9.17, 15) is 16.8 Å². The topological polar surface area (TPSA) is 147 Å². The highest BCUT2D eigenvalue weighted by atomic mass is 32.2. The number of rotatable bonds is 5. The summed E-state index contributed by atoms with van der Waals surface area (Å²) in [5.74, 6) is 4.50. The standard InChI is InChI=1S/C8H12N2O6S2/c9-10-8-6(17(12,13)5-4-11)2-1-3-7(8)18(14,15)16/h1-3,10-11H,4-5,9H2,(H,14,15,16). The van der Waals surface area contributed by atoms with Crippen LogP contribution in [0.4, 0.5) is 5.69 Å². The second-order valence-corrected chi connectivity index (χ2v) is 6.76. The molecule has 10 heteroatoms. The van der Waals surface area contributed by atoms with Crippen molar-refractivity contribution >= 4 is 25.6 Å². The fourth-order valence-electron chi connectivity index (χ4n) is 1.36. The molecule has 0 spiro atoms. The molecular formula is C8H12N2O6S2. The van der Waals surface area contributed by atoms with Gasteiger partial charge in [-0.1, -0.05) is 6.07 Å². The second kappa shape index (κ2) is 5.20. The van der Waals surface area contributed by atoms with Gasteiger partial charge >= 0.3 is 0 Å². The average molecular weight is 296 g/mol. The SMILES string of the molecule is NNc1c(S(=O)(=O)O)cccc1S(=O)(=O)CCO. The maximum atomic E-state index is 11.8. The highest BCUT2D eigenvalue weighted by molar-refractivity contribution is 7.91. The Kier molecular flexibility index (Phi) is 4.29. The molecule has 0 aromatic heterocycles. The lowest BCUT2D eigenvalue weighted by Crippen LogP contribution is -2.18. The van der Waals surface area contributed by atoms with Crippen LogP contribution in [-0.4, -0.2) is 38.9 Å². The van der Waals surface area contributed by atoms with Gasteiger partial charge in [-0.2, -0.15) is 8.42 Å². The summed E-state index contributed by atoms with van der Waals surface area (Å²) < 4.78 is 54.6. The van der Waals surface area contributed by atoms with E-state index in [0.717, 1.165) is 18.2 Å². The lowest BCUT2D eigenvalue weighted by atomic mass is 10.3. The van der Waals surface area contributed by atoms with Gasteiger partial charge in [-0.05, 0) is 12.1 Å². The van der Waals surface area contributed by atoms with Crippen LogP contribution in [0.2, 0.25) is 0 Å². The van der Waals surface area contributed by atoms with Gasteiger partial charge in [0, 0.05) is 0 Å². The summed E-state index contributed by atoms with van der Waals surface area (Å²) in [4.78, 5) is -1.06. The Balaban J connectivity index is 3.59. The molecule has 5 N–H and O–H groups in total. The van der Waals surface area contributed by atoms with E-state index in [0.29, 0.717) is 0 Å². The van der Waals surface area contributed by atoms with Gasteiger partial charge in [0.25, 0.3) is 10.1 Å². The monoisotopic (exact) mass is 296 g/mol. The number of para-hydroxylation sites is 1. The number of hydrazine groups is 1. The molecule has 1 rings (SSSR count). The number of hydrogen-bond acceptors (Lipinski definition) is 7. The summed E-state index contributed by atoms with van der Waals surface area (Å²) in [6.07, 6.45) is 0. The first-order valence-electron chi connectivity index (χ1n) is 4.65. The van der Waals surface area contributed by atoms with Gasteiger partial charge in [0.2, 0.25) is 0 Å². The van der Waals surface area contributed by atoms with E-state index in [4.69, 9.17) is 15.5 Å². The van der Waals surface area contributed by atoms with Gasteiger partial charge in [0.05, 0.1) is 22.9 Å². The fraction of sp³-hybridized carbons (Fsp3) is 0.250. The summed E-state index contributed by atoms with van der Waals surface area (Å²) in [5.41, 5.74) is 1.50. The van der Waals surface area contributed by atoms with E-state index >= 15 is 0 Å². The molecule has 0 radical (unpaired) electrons. The lowest BCUT2D eigenvalue weighted by Gasteiger charge is -2.12.